The van der Waals surface area contributed by atoms with Crippen molar-refractivity contribution >= 4 is 15.9 Å². The summed E-state index contributed by atoms with van der Waals surface area (Å²) in [5, 5.41) is 0. The quantitative estimate of drug-likeness (QED) is 0.649. The van der Waals surface area contributed by atoms with Crippen LogP contribution in [0.1, 0.15) is 25.8 Å². The van der Waals surface area contributed by atoms with E-state index in [0.717, 1.165) is 16.6 Å². The van der Waals surface area contributed by atoms with E-state index in [1.165, 1.54) is 12.0 Å². The van der Waals surface area contributed by atoms with Crippen LogP contribution in [0.2, 0.25) is 0 Å². The summed E-state index contributed by atoms with van der Waals surface area (Å²) in [4.78, 5) is 0. The van der Waals surface area contributed by atoms with E-state index in [9.17, 15) is 0 Å². The van der Waals surface area contributed by atoms with Gasteiger partial charge in [-0.05, 0) is 57.8 Å². The largest absolute Gasteiger partial charge is 0.496 e. The van der Waals surface area contributed by atoms with E-state index in [2.05, 4.69) is 47.3 Å². The van der Waals surface area contributed by atoms with Crippen LogP contribution in [0.4, 0.5) is 0 Å². The molecule has 18 heavy (non-hydrogen) atoms. The Morgan fingerprint density at radius 2 is 2.22 bits per heavy atom. The van der Waals surface area contributed by atoms with Gasteiger partial charge in [0.15, 0.2) is 0 Å². The maximum Gasteiger partial charge on any atom is 0.133 e. The molecule has 0 radical (unpaired) electrons. The minimum absolute atomic E-state index is 0.347. The molecule has 4 heteroatoms. The van der Waals surface area contributed by atoms with Crippen molar-refractivity contribution < 1.29 is 4.74 Å². The monoisotopic (exact) mass is 312 g/mol. The van der Waals surface area contributed by atoms with Gasteiger partial charge in [-0.25, -0.2) is 0 Å². The van der Waals surface area contributed by atoms with Gasteiger partial charge in [0, 0.05) is 6.04 Å². The summed E-state index contributed by atoms with van der Waals surface area (Å²) in [7, 11) is 1.68. The Balaban J connectivity index is 2.06. The lowest BCUT2D eigenvalue weighted by molar-refractivity contribution is 0.405. The lowest BCUT2D eigenvalue weighted by atomic mass is 9.98. The molecule has 0 saturated heterocycles. The smallest absolute Gasteiger partial charge is 0.133 e. The molecule has 0 aromatic heterocycles. The van der Waals surface area contributed by atoms with Crippen molar-refractivity contribution in [3.05, 3.63) is 28.2 Å². The van der Waals surface area contributed by atoms with E-state index in [1.54, 1.807) is 7.11 Å². The molecular weight excluding hydrogens is 292 g/mol. The topological polar surface area (TPSA) is 47.3 Å². The van der Waals surface area contributed by atoms with Gasteiger partial charge >= 0.3 is 0 Å². The van der Waals surface area contributed by atoms with Crippen LogP contribution in [0.5, 0.6) is 5.75 Å². The summed E-state index contributed by atoms with van der Waals surface area (Å²) in [5.41, 5.74) is 4.67. The Hall–Kier alpha value is -0.580. The van der Waals surface area contributed by atoms with Crippen LogP contribution in [-0.2, 0) is 6.42 Å². The zero-order valence-corrected chi connectivity index (χ0v) is 12.8. The summed E-state index contributed by atoms with van der Waals surface area (Å²) in [6.07, 6.45) is 2.20. The first-order valence-electron chi connectivity index (χ1n) is 6.26. The highest BCUT2D eigenvalue weighted by Gasteiger charge is 2.49. The number of hydrazine groups is 1. The van der Waals surface area contributed by atoms with Gasteiger partial charge in [0.2, 0.25) is 0 Å². The van der Waals surface area contributed by atoms with Crippen molar-refractivity contribution in [3.63, 3.8) is 0 Å². The molecule has 1 aliphatic carbocycles. The average Bonchev–Trinajstić information content (AvgIpc) is 2.95. The number of rotatable bonds is 5. The Labute approximate surface area is 117 Å². The summed E-state index contributed by atoms with van der Waals surface area (Å²) in [6.45, 7) is 4.60. The predicted octanol–water partition coefficient (Wildman–Crippen LogP) is 2.88. The molecule has 2 atom stereocenters. The van der Waals surface area contributed by atoms with Gasteiger partial charge in [0.1, 0.15) is 5.75 Å². The first-order chi connectivity index (χ1) is 8.47. The molecule has 0 amide bonds. The van der Waals surface area contributed by atoms with E-state index in [-0.39, 0.29) is 0 Å². The molecule has 1 saturated carbocycles. The Kier molecular flexibility index (Phi) is 3.99. The van der Waals surface area contributed by atoms with Gasteiger partial charge in [0.05, 0.1) is 11.6 Å². The minimum Gasteiger partial charge on any atom is -0.496 e. The number of halogens is 1. The maximum atomic E-state index is 5.69. The fraction of sp³-hybridized carbons (Fsp3) is 0.571. The van der Waals surface area contributed by atoms with Crippen LogP contribution < -0.4 is 16.0 Å². The molecule has 100 valence electrons. The third-order valence-corrected chi connectivity index (χ3v) is 4.58. The summed E-state index contributed by atoms with van der Waals surface area (Å²) >= 11 is 3.52. The fourth-order valence-corrected chi connectivity index (χ4v) is 3.19. The molecule has 0 spiro atoms. The fourth-order valence-electron chi connectivity index (χ4n) is 2.60. The van der Waals surface area contributed by atoms with Crippen molar-refractivity contribution in [3.8, 4) is 5.75 Å². The van der Waals surface area contributed by atoms with Gasteiger partial charge in [-0.2, -0.15) is 0 Å². The van der Waals surface area contributed by atoms with E-state index >= 15 is 0 Å². The van der Waals surface area contributed by atoms with Crippen molar-refractivity contribution in [2.24, 2.45) is 17.2 Å². The number of hydrogen-bond donors (Lipinski definition) is 2. The summed E-state index contributed by atoms with van der Waals surface area (Å²) in [5.74, 6) is 7.22. The molecule has 3 nitrogen and oxygen atoms in total. The molecule has 0 bridgehead atoms. The van der Waals surface area contributed by atoms with Crippen molar-refractivity contribution in [1.82, 2.24) is 5.43 Å². The minimum atomic E-state index is 0.347. The normalized spacial score (nSPS) is 22.6. The highest BCUT2D eigenvalue weighted by atomic mass is 79.9. The Morgan fingerprint density at radius 3 is 2.67 bits per heavy atom. The number of benzene rings is 1. The molecular formula is C14H21BrN2O. The van der Waals surface area contributed by atoms with Crippen LogP contribution in [0.25, 0.3) is 0 Å². The van der Waals surface area contributed by atoms with E-state index in [1.807, 2.05) is 6.07 Å². The van der Waals surface area contributed by atoms with Crippen LogP contribution in [-0.4, -0.2) is 13.2 Å². The Morgan fingerprint density at radius 1 is 1.56 bits per heavy atom. The van der Waals surface area contributed by atoms with Gasteiger partial charge in [0.25, 0.3) is 0 Å². The molecule has 1 aliphatic rings. The lowest BCUT2D eigenvalue weighted by Crippen LogP contribution is -2.39. The Bertz CT molecular complexity index is 434. The summed E-state index contributed by atoms with van der Waals surface area (Å²) in [6, 6.07) is 6.55. The zero-order chi connectivity index (χ0) is 13.3. The maximum absolute atomic E-state index is 5.69. The second-order valence-electron chi connectivity index (χ2n) is 5.75. The third-order valence-electron chi connectivity index (χ3n) is 3.96. The molecule has 3 N–H and O–H groups in total. The van der Waals surface area contributed by atoms with Gasteiger partial charge < -0.3 is 4.74 Å². The highest BCUT2D eigenvalue weighted by Crippen LogP contribution is 2.53. The molecule has 0 heterocycles. The lowest BCUT2D eigenvalue weighted by Gasteiger charge is -2.18. The second kappa shape index (κ2) is 5.19. The standard InChI is InChI=1S/C14H21BrN2O/c1-14(2)8-10(14)12(17-16)7-9-4-5-13(18-3)11(15)6-9/h4-6,10,12,17H,7-8,16H2,1-3H3. The molecule has 1 aromatic rings. The first kappa shape index (κ1) is 13.8. The molecule has 2 rings (SSSR count). The number of methoxy groups -OCH3 is 1. The molecule has 0 aliphatic heterocycles. The zero-order valence-electron chi connectivity index (χ0n) is 11.2. The van der Waals surface area contributed by atoms with Crippen molar-refractivity contribution in [1.29, 1.82) is 0 Å². The van der Waals surface area contributed by atoms with Crippen LogP contribution in [0, 0.1) is 11.3 Å². The average molecular weight is 313 g/mol. The third kappa shape index (κ3) is 2.87. The van der Waals surface area contributed by atoms with E-state index in [0.29, 0.717) is 17.4 Å². The molecule has 1 aromatic carbocycles. The van der Waals surface area contributed by atoms with E-state index in [4.69, 9.17) is 10.6 Å². The SMILES string of the molecule is COc1ccc(CC(NN)C2CC2(C)C)cc1Br. The molecule has 2 unspecified atom stereocenters. The van der Waals surface area contributed by atoms with Gasteiger partial charge in [-0.1, -0.05) is 19.9 Å². The van der Waals surface area contributed by atoms with Crippen molar-refractivity contribution in [2.75, 3.05) is 7.11 Å². The molecule has 1 fully saturated rings. The number of nitrogens with two attached hydrogens (primary N) is 1. The number of nitrogens with one attached hydrogen (secondary N) is 1. The van der Waals surface area contributed by atoms with Crippen LogP contribution >= 0.6 is 15.9 Å². The summed E-state index contributed by atoms with van der Waals surface area (Å²) < 4.78 is 6.23. The van der Waals surface area contributed by atoms with E-state index < -0.39 is 0 Å². The van der Waals surface area contributed by atoms with Gasteiger partial charge in [-0.3, -0.25) is 11.3 Å². The van der Waals surface area contributed by atoms with Crippen LogP contribution in [0.3, 0.4) is 0 Å². The van der Waals surface area contributed by atoms with Crippen molar-refractivity contribution in [2.45, 2.75) is 32.7 Å². The van der Waals surface area contributed by atoms with Gasteiger partial charge in [-0.15, -0.1) is 0 Å². The first-order valence-corrected chi connectivity index (χ1v) is 7.06. The number of hydrogen-bond acceptors (Lipinski definition) is 3. The predicted molar refractivity (Wildman–Crippen MR) is 77.4 cm³/mol. The number of ether oxygens (including phenoxy) is 1. The highest BCUT2D eigenvalue weighted by molar-refractivity contribution is 9.10. The second-order valence-corrected chi connectivity index (χ2v) is 6.60. The van der Waals surface area contributed by atoms with Crippen LogP contribution in [0.15, 0.2) is 22.7 Å².